The molecule has 0 saturated heterocycles. The van der Waals surface area contributed by atoms with Crippen LogP contribution in [-0.4, -0.2) is 67.1 Å². The first-order valence-electron chi connectivity index (χ1n) is 12.4. The van der Waals surface area contributed by atoms with Crippen LogP contribution in [0.15, 0.2) is 48.7 Å². The molecule has 36 heavy (non-hydrogen) atoms. The van der Waals surface area contributed by atoms with Crippen LogP contribution in [0.3, 0.4) is 0 Å². The van der Waals surface area contributed by atoms with Crippen molar-refractivity contribution in [3.63, 3.8) is 0 Å². The molecule has 0 spiro atoms. The van der Waals surface area contributed by atoms with Gasteiger partial charge < -0.3 is 29.6 Å². The summed E-state index contributed by atoms with van der Waals surface area (Å²) < 4.78 is 10.8. The number of benzene rings is 2. The highest BCUT2D eigenvalue weighted by Gasteiger charge is 2.23. The highest BCUT2D eigenvalue weighted by atomic mass is 16.5. The summed E-state index contributed by atoms with van der Waals surface area (Å²) in [7, 11) is 3.19. The summed E-state index contributed by atoms with van der Waals surface area (Å²) in [6, 6.07) is 13.6. The second-order valence-corrected chi connectivity index (χ2v) is 9.22. The van der Waals surface area contributed by atoms with Gasteiger partial charge in [-0.15, -0.1) is 0 Å². The zero-order valence-corrected chi connectivity index (χ0v) is 22.0. The van der Waals surface area contributed by atoms with E-state index in [-0.39, 0.29) is 24.4 Å². The van der Waals surface area contributed by atoms with Crippen molar-refractivity contribution >= 4 is 22.8 Å². The molecule has 2 N–H and O–H groups in total. The van der Waals surface area contributed by atoms with Crippen LogP contribution >= 0.6 is 0 Å². The lowest BCUT2D eigenvalue weighted by molar-refractivity contribution is -0.132. The molecule has 2 aromatic carbocycles. The molecule has 0 bridgehead atoms. The van der Waals surface area contributed by atoms with E-state index >= 15 is 0 Å². The molecule has 1 heterocycles. The number of urea groups is 1. The van der Waals surface area contributed by atoms with Crippen molar-refractivity contribution in [1.29, 1.82) is 0 Å². The fourth-order valence-electron chi connectivity index (χ4n) is 4.27. The Balaban J connectivity index is 1.83. The number of carbonyl (C=O) groups is 2. The van der Waals surface area contributed by atoms with E-state index in [0.717, 1.165) is 22.0 Å². The number of hydrogen-bond donors (Lipinski definition) is 2. The van der Waals surface area contributed by atoms with Crippen molar-refractivity contribution in [3.05, 3.63) is 59.8 Å². The number of H-pyrrole nitrogens is 1. The maximum Gasteiger partial charge on any atom is 0.317 e. The fraction of sp³-hybridized carbons (Fsp3) is 0.429. The summed E-state index contributed by atoms with van der Waals surface area (Å²) in [4.78, 5) is 33.0. The first-order valence-corrected chi connectivity index (χ1v) is 12.4. The minimum absolute atomic E-state index is 0.0190. The van der Waals surface area contributed by atoms with Gasteiger partial charge in [-0.3, -0.25) is 4.79 Å². The van der Waals surface area contributed by atoms with Crippen LogP contribution in [0.5, 0.6) is 11.5 Å². The van der Waals surface area contributed by atoms with E-state index in [1.807, 2.05) is 68.3 Å². The summed E-state index contributed by atoms with van der Waals surface area (Å²) in [5, 5.41) is 3.98. The third kappa shape index (κ3) is 6.93. The molecule has 0 saturated carbocycles. The van der Waals surface area contributed by atoms with Crippen molar-refractivity contribution in [3.8, 4) is 11.5 Å². The minimum Gasteiger partial charge on any atom is -0.493 e. The highest BCUT2D eigenvalue weighted by Crippen LogP contribution is 2.28. The normalized spacial score (nSPS) is 10.9. The van der Waals surface area contributed by atoms with Gasteiger partial charge in [0.1, 0.15) is 6.54 Å². The number of nitrogens with zero attached hydrogens (tertiary/aromatic N) is 2. The molecule has 3 aromatic rings. The molecule has 0 fully saturated rings. The van der Waals surface area contributed by atoms with E-state index in [4.69, 9.17) is 9.47 Å². The maximum absolute atomic E-state index is 13.6. The number of hydrogen-bond acceptors (Lipinski definition) is 4. The Morgan fingerprint density at radius 1 is 1.03 bits per heavy atom. The lowest BCUT2D eigenvalue weighted by atomic mass is 10.1. The first kappa shape index (κ1) is 26.9. The van der Waals surface area contributed by atoms with Gasteiger partial charge in [-0.2, -0.15) is 0 Å². The molecule has 3 amide bonds. The van der Waals surface area contributed by atoms with Crippen molar-refractivity contribution in [2.24, 2.45) is 5.92 Å². The van der Waals surface area contributed by atoms with Gasteiger partial charge in [-0.05, 0) is 48.6 Å². The number of para-hydroxylation sites is 1. The van der Waals surface area contributed by atoms with Gasteiger partial charge in [0.05, 0.1) is 14.2 Å². The molecule has 0 aliphatic heterocycles. The SMILES string of the molecule is CCNC(=O)N(CC(=O)N(CCc1c[nH]c2ccccc12)Cc1ccc(OC)c(OC)c1)CC(C)C. The Kier molecular flexibility index (Phi) is 9.61. The second-order valence-electron chi connectivity index (χ2n) is 9.22. The van der Waals surface area contributed by atoms with Crippen LogP contribution < -0.4 is 14.8 Å². The Bertz CT molecular complexity index is 1160. The average Bonchev–Trinajstić information content (AvgIpc) is 3.28. The minimum atomic E-state index is -0.220. The quantitative estimate of drug-likeness (QED) is 0.390. The van der Waals surface area contributed by atoms with Gasteiger partial charge in [-0.25, -0.2) is 4.79 Å². The van der Waals surface area contributed by atoms with Crippen LogP contribution in [0.4, 0.5) is 4.79 Å². The smallest absolute Gasteiger partial charge is 0.317 e. The molecule has 1 aromatic heterocycles. The van der Waals surface area contributed by atoms with Gasteiger partial charge in [0, 0.05) is 43.3 Å². The van der Waals surface area contributed by atoms with Gasteiger partial charge in [-0.1, -0.05) is 38.1 Å². The number of amides is 3. The Morgan fingerprint density at radius 3 is 2.47 bits per heavy atom. The Hall–Kier alpha value is -3.68. The van der Waals surface area contributed by atoms with Crippen LogP contribution in [0, 0.1) is 5.92 Å². The van der Waals surface area contributed by atoms with Gasteiger partial charge >= 0.3 is 6.03 Å². The predicted molar refractivity (Wildman–Crippen MR) is 142 cm³/mol. The zero-order valence-electron chi connectivity index (χ0n) is 22.0. The molecular weight excluding hydrogens is 456 g/mol. The molecular formula is C28H38N4O4. The van der Waals surface area contributed by atoms with E-state index in [2.05, 4.69) is 16.4 Å². The van der Waals surface area contributed by atoms with Crippen LogP contribution in [0.25, 0.3) is 10.9 Å². The van der Waals surface area contributed by atoms with E-state index in [1.54, 1.807) is 19.1 Å². The third-order valence-electron chi connectivity index (χ3n) is 6.03. The molecule has 0 atom stereocenters. The summed E-state index contributed by atoms with van der Waals surface area (Å²) in [6.07, 6.45) is 2.69. The number of fused-ring (bicyclic) bond motifs is 1. The van der Waals surface area contributed by atoms with Crippen molar-refractivity contribution in [1.82, 2.24) is 20.1 Å². The van der Waals surface area contributed by atoms with E-state index < -0.39 is 0 Å². The lowest BCUT2D eigenvalue weighted by Gasteiger charge is -2.29. The summed E-state index contributed by atoms with van der Waals surface area (Å²) in [6.45, 7) is 7.89. The highest BCUT2D eigenvalue weighted by molar-refractivity contribution is 5.85. The van der Waals surface area contributed by atoms with E-state index in [1.165, 1.54) is 0 Å². The van der Waals surface area contributed by atoms with Gasteiger partial charge in [0.25, 0.3) is 0 Å². The molecule has 0 aliphatic carbocycles. The average molecular weight is 495 g/mol. The van der Waals surface area contributed by atoms with Gasteiger partial charge in [0.2, 0.25) is 5.91 Å². The Morgan fingerprint density at radius 2 is 1.78 bits per heavy atom. The van der Waals surface area contributed by atoms with Crippen molar-refractivity contribution in [2.45, 2.75) is 33.7 Å². The van der Waals surface area contributed by atoms with Crippen molar-refractivity contribution in [2.75, 3.05) is 40.4 Å². The maximum atomic E-state index is 13.6. The second kappa shape index (κ2) is 12.9. The number of aromatic amines is 1. The molecule has 3 rings (SSSR count). The number of nitrogens with one attached hydrogen (secondary N) is 2. The Labute approximate surface area is 213 Å². The molecule has 0 unspecified atom stereocenters. The molecule has 194 valence electrons. The molecule has 8 heteroatoms. The van der Waals surface area contributed by atoms with Crippen LogP contribution in [-0.2, 0) is 17.8 Å². The van der Waals surface area contributed by atoms with Crippen LogP contribution in [0.1, 0.15) is 31.9 Å². The zero-order chi connectivity index (χ0) is 26.1. The van der Waals surface area contributed by atoms with E-state index in [0.29, 0.717) is 44.1 Å². The number of aromatic nitrogens is 1. The molecule has 8 nitrogen and oxygen atoms in total. The number of rotatable bonds is 12. The summed E-state index contributed by atoms with van der Waals surface area (Å²) in [5.41, 5.74) is 3.15. The number of ether oxygens (including phenoxy) is 2. The van der Waals surface area contributed by atoms with Gasteiger partial charge in [0.15, 0.2) is 11.5 Å². The summed E-state index contributed by atoms with van der Waals surface area (Å²) in [5.74, 6) is 1.39. The fourth-order valence-corrected chi connectivity index (χ4v) is 4.27. The standard InChI is InChI=1S/C28H38N4O4/c1-6-29-28(34)32(17-20(2)3)19-27(33)31(18-21-11-12-25(35-4)26(15-21)36-5)14-13-22-16-30-24-10-8-7-9-23(22)24/h7-12,15-16,20,30H,6,13-14,17-19H2,1-5H3,(H,29,34). The van der Waals surface area contributed by atoms with E-state index in [9.17, 15) is 9.59 Å². The predicted octanol–water partition coefficient (Wildman–Crippen LogP) is 4.44. The van der Waals surface area contributed by atoms with Crippen molar-refractivity contribution < 1.29 is 19.1 Å². The number of carbonyl (C=O) groups excluding carboxylic acids is 2. The first-order chi connectivity index (χ1) is 17.4. The largest absolute Gasteiger partial charge is 0.493 e. The van der Waals surface area contributed by atoms with Crippen LogP contribution in [0.2, 0.25) is 0 Å². The lowest BCUT2D eigenvalue weighted by Crippen LogP contribution is -2.48. The molecule has 0 aliphatic rings. The summed E-state index contributed by atoms with van der Waals surface area (Å²) >= 11 is 0. The third-order valence-corrected chi connectivity index (χ3v) is 6.03. The molecule has 0 radical (unpaired) electrons. The monoisotopic (exact) mass is 494 g/mol. The number of methoxy groups -OCH3 is 2. The topological polar surface area (TPSA) is 86.9 Å².